The van der Waals surface area contributed by atoms with E-state index in [4.69, 9.17) is 18.9 Å². The number of carbonyl (C=O) groups is 2. The van der Waals surface area contributed by atoms with E-state index in [2.05, 4.69) is 0 Å². The van der Waals surface area contributed by atoms with Crippen LogP contribution in [-0.2, 0) is 9.47 Å². The zero-order chi connectivity index (χ0) is 31.3. The molecule has 2 aliphatic heterocycles. The van der Waals surface area contributed by atoms with Gasteiger partial charge in [-0.15, -0.1) is 0 Å². The standard InChI is InChI=1S/C30H38O12S/c1-39-17-7-3-5-15(9-17)21(33)11-19-25(35)23(13-31)41-29(27(19)37)43-30-28(38)20(26(36)24(14-32)42-30)12-22(34)16-6-4-8-18(10-16)40-2/h3-10,19-20,23-32,35-38H,11-14H2,1-2H3/t19-,20?,23?,24+,25+,26+,27?,28?,29-,30-/m0/s1. The van der Waals surface area contributed by atoms with E-state index in [9.17, 15) is 40.2 Å². The quantitative estimate of drug-likeness (QED) is 0.178. The van der Waals surface area contributed by atoms with Crippen molar-refractivity contribution in [2.24, 2.45) is 11.8 Å². The molecule has 2 fully saturated rings. The molecule has 0 saturated carbocycles. The minimum absolute atomic E-state index is 0.282. The van der Waals surface area contributed by atoms with Crippen LogP contribution >= 0.6 is 11.8 Å². The minimum Gasteiger partial charge on any atom is -0.497 e. The highest BCUT2D eigenvalue weighted by Crippen LogP contribution is 2.41. The molecule has 0 amide bonds. The largest absolute Gasteiger partial charge is 0.497 e. The Morgan fingerprint density at radius 3 is 1.44 bits per heavy atom. The van der Waals surface area contributed by atoms with Crippen molar-refractivity contribution in [2.75, 3.05) is 27.4 Å². The number of hydrogen-bond acceptors (Lipinski definition) is 13. The van der Waals surface area contributed by atoms with Crippen LogP contribution in [0.2, 0.25) is 0 Å². The molecule has 12 nitrogen and oxygen atoms in total. The number of methoxy groups -OCH3 is 2. The lowest BCUT2D eigenvalue weighted by Crippen LogP contribution is -2.58. The van der Waals surface area contributed by atoms with Crippen LogP contribution in [0.15, 0.2) is 48.5 Å². The second kappa shape index (κ2) is 14.9. The molecule has 2 saturated heterocycles. The van der Waals surface area contributed by atoms with Gasteiger partial charge in [0.1, 0.15) is 34.6 Å². The molecule has 6 N–H and O–H groups in total. The first-order valence-corrected chi connectivity index (χ1v) is 14.8. The first-order valence-electron chi connectivity index (χ1n) is 13.9. The minimum atomic E-state index is -1.44. The predicted molar refractivity (Wildman–Crippen MR) is 154 cm³/mol. The average Bonchev–Trinajstić information content (AvgIpc) is 3.03. The molecule has 2 heterocycles. The zero-order valence-electron chi connectivity index (χ0n) is 23.8. The van der Waals surface area contributed by atoms with Crippen molar-refractivity contribution in [3.8, 4) is 11.5 Å². The van der Waals surface area contributed by atoms with E-state index in [-0.39, 0.29) is 24.4 Å². The number of ether oxygens (including phenoxy) is 4. The van der Waals surface area contributed by atoms with Crippen molar-refractivity contribution in [1.29, 1.82) is 0 Å². The highest BCUT2D eigenvalue weighted by atomic mass is 32.2. The van der Waals surface area contributed by atoms with Crippen LogP contribution in [0.4, 0.5) is 0 Å². The monoisotopic (exact) mass is 622 g/mol. The lowest BCUT2D eigenvalue weighted by molar-refractivity contribution is -0.191. The Hall–Kier alpha value is -2.59. The fraction of sp³-hybridized carbons (Fsp3) is 0.533. The summed E-state index contributed by atoms with van der Waals surface area (Å²) in [5, 5.41) is 64.0. The molecular weight excluding hydrogens is 584 g/mol. The van der Waals surface area contributed by atoms with Gasteiger partial charge in [-0.2, -0.15) is 0 Å². The van der Waals surface area contributed by atoms with E-state index >= 15 is 0 Å². The maximum Gasteiger partial charge on any atom is 0.163 e. The highest BCUT2D eigenvalue weighted by Gasteiger charge is 2.50. The number of aliphatic hydroxyl groups is 6. The van der Waals surface area contributed by atoms with Crippen LogP contribution in [0.3, 0.4) is 0 Å². The highest BCUT2D eigenvalue weighted by molar-refractivity contribution is 8.00. The molecule has 2 aromatic carbocycles. The van der Waals surface area contributed by atoms with E-state index < -0.39 is 72.5 Å². The summed E-state index contributed by atoms with van der Waals surface area (Å²) in [5.74, 6) is -1.93. The lowest BCUT2D eigenvalue weighted by atomic mass is 9.84. The van der Waals surface area contributed by atoms with E-state index in [1.54, 1.807) is 36.4 Å². The van der Waals surface area contributed by atoms with Crippen LogP contribution in [0, 0.1) is 11.8 Å². The molecule has 0 bridgehead atoms. The van der Waals surface area contributed by atoms with E-state index in [1.165, 1.54) is 26.4 Å². The van der Waals surface area contributed by atoms with E-state index in [0.29, 0.717) is 22.6 Å². The Morgan fingerprint density at radius 1 is 0.698 bits per heavy atom. The molecule has 2 aromatic rings. The second-order valence-electron chi connectivity index (χ2n) is 10.6. The molecular formula is C30H38O12S. The van der Waals surface area contributed by atoms with Gasteiger partial charge in [-0.25, -0.2) is 0 Å². The third-order valence-electron chi connectivity index (χ3n) is 7.95. The molecule has 0 radical (unpaired) electrons. The fourth-order valence-corrected chi connectivity index (χ4v) is 6.83. The van der Waals surface area contributed by atoms with Crippen molar-refractivity contribution in [1.82, 2.24) is 0 Å². The average molecular weight is 623 g/mol. The van der Waals surface area contributed by atoms with Gasteiger partial charge < -0.3 is 49.6 Å². The van der Waals surface area contributed by atoms with Gasteiger partial charge in [0.2, 0.25) is 0 Å². The molecule has 43 heavy (non-hydrogen) atoms. The molecule has 2 aliphatic rings. The number of Topliss-reactive ketones (excluding diaryl/α,β-unsaturated/α-hetero) is 2. The van der Waals surface area contributed by atoms with Crippen LogP contribution in [0.5, 0.6) is 11.5 Å². The SMILES string of the molecule is COc1cccc(C(=O)CC2C(O)[C@H](S[C@@H]3OC(CO)[C@H](O)[C@H](CC(=O)c4cccc(OC)c4)C3O)O[C@H](CO)[C@@H]2O)c1. The number of aliphatic hydroxyl groups excluding tert-OH is 6. The third-order valence-corrected chi connectivity index (χ3v) is 9.26. The van der Waals surface area contributed by atoms with Crippen molar-refractivity contribution in [2.45, 2.75) is 60.3 Å². The molecule has 4 rings (SSSR count). The zero-order valence-corrected chi connectivity index (χ0v) is 24.6. The molecule has 4 unspecified atom stereocenters. The fourth-order valence-electron chi connectivity index (χ4n) is 5.42. The van der Waals surface area contributed by atoms with Gasteiger partial charge in [-0.05, 0) is 24.3 Å². The normalized spacial score (nSPS) is 32.7. The van der Waals surface area contributed by atoms with Crippen molar-refractivity contribution in [3.63, 3.8) is 0 Å². The van der Waals surface area contributed by atoms with Crippen molar-refractivity contribution in [3.05, 3.63) is 59.7 Å². The summed E-state index contributed by atoms with van der Waals surface area (Å²) in [6, 6.07) is 12.9. The Bertz CT molecular complexity index is 1150. The van der Waals surface area contributed by atoms with Gasteiger partial charge in [0, 0.05) is 35.8 Å². The Balaban J connectivity index is 1.51. The second-order valence-corrected chi connectivity index (χ2v) is 11.8. The summed E-state index contributed by atoms with van der Waals surface area (Å²) < 4.78 is 21.9. The van der Waals surface area contributed by atoms with E-state index in [0.717, 1.165) is 11.8 Å². The topological polar surface area (TPSA) is 192 Å². The number of carbonyl (C=O) groups excluding carboxylic acids is 2. The van der Waals surface area contributed by atoms with Gasteiger partial charge in [-0.3, -0.25) is 9.59 Å². The maximum absolute atomic E-state index is 13.1. The Kier molecular flexibility index (Phi) is 11.6. The smallest absolute Gasteiger partial charge is 0.163 e. The van der Waals surface area contributed by atoms with Crippen molar-refractivity contribution < 1.29 is 59.2 Å². The molecule has 10 atom stereocenters. The van der Waals surface area contributed by atoms with E-state index in [1.807, 2.05) is 0 Å². The Morgan fingerprint density at radius 2 is 1.09 bits per heavy atom. The predicted octanol–water partition coefficient (Wildman–Crippen LogP) is 0.393. The van der Waals surface area contributed by atoms with Crippen LogP contribution in [0.1, 0.15) is 33.6 Å². The third kappa shape index (κ3) is 7.56. The molecule has 0 aliphatic carbocycles. The maximum atomic E-state index is 13.1. The number of thioether (sulfide) groups is 1. The summed E-state index contributed by atoms with van der Waals surface area (Å²) in [4.78, 5) is 26.2. The first-order chi connectivity index (χ1) is 20.6. The lowest BCUT2D eigenvalue weighted by Gasteiger charge is -2.46. The molecule has 236 valence electrons. The summed E-state index contributed by atoms with van der Waals surface area (Å²) in [5.41, 5.74) is -1.76. The van der Waals surface area contributed by atoms with Gasteiger partial charge in [0.05, 0.1) is 51.8 Å². The summed E-state index contributed by atoms with van der Waals surface area (Å²) in [6.45, 7) is -1.23. The summed E-state index contributed by atoms with van der Waals surface area (Å²) in [6.07, 6.45) is -8.53. The molecule has 0 spiro atoms. The first kappa shape index (κ1) is 33.3. The number of benzene rings is 2. The summed E-state index contributed by atoms with van der Waals surface area (Å²) in [7, 11) is 2.93. The van der Waals surface area contributed by atoms with Gasteiger partial charge in [-0.1, -0.05) is 36.0 Å². The van der Waals surface area contributed by atoms with Gasteiger partial charge in [0.15, 0.2) is 11.6 Å². The molecule has 13 heteroatoms. The Labute approximate surface area is 253 Å². The number of rotatable bonds is 12. The van der Waals surface area contributed by atoms with Crippen molar-refractivity contribution >= 4 is 23.3 Å². The molecule has 0 aromatic heterocycles. The number of hydrogen-bond donors (Lipinski definition) is 6. The number of ketones is 2. The van der Waals surface area contributed by atoms with Gasteiger partial charge in [0.25, 0.3) is 0 Å². The van der Waals surface area contributed by atoms with Crippen LogP contribution in [-0.4, -0.2) is 117 Å². The van der Waals surface area contributed by atoms with Crippen LogP contribution < -0.4 is 9.47 Å². The van der Waals surface area contributed by atoms with Crippen LogP contribution in [0.25, 0.3) is 0 Å². The summed E-state index contributed by atoms with van der Waals surface area (Å²) >= 11 is 0.814. The van der Waals surface area contributed by atoms with Gasteiger partial charge >= 0.3 is 0 Å².